The Morgan fingerprint density at radius 2 is 2.00 bits per heavy atom. The fourth-order valence-corrected chi connectivity index (χ4v) is 5.30. The van der Waals surface area contributed by atoms with Crippen LogP contribution >= 0.6 is 43.6 Å². The number of halogens is 2. The Hall–Kier alpha value is -2.36. The minimum atomic E-state index is -1.03. The topological polar surface area (TPSA) is 79.2 Å². The van der Waals surface area contributed by atoms with Gasteiger partial charge in [-0.05, 0) is 92.5 Å². The highest BCUT2D eigenvalue weighted by Gasteiger charge is 2.32. The van der Waals surface area contributed by atoms with E-state index in [1.165, 1.54) is 23.9 Å². The molecule has 1 aliphatic heterocycles. The molecule has 1 N–H and O–H groups in total. The lowest BCUT2D eigenvalue weighted by molar-refractivity contribution is -0.122. The number of hydrogen-bond acceptors (Lipinski definition) is 5. The van der Waals surface area contributed by atoms with E-state index in [2.05, 4.69) is 43.4 Å². The molecule has 0 aromatic heterocycles. The molecule has 2 aromatic carbocycles. The van der Waals surface area contributed by atoms with Gasteiger partial charge < -0.3 is 9.84 Å². The van der Waals surface area contributed by atoms with Gasteiger partial charge in [0.1, 0.15) is 12.4 Å². The number of carbonyl (C=O) groups is 2. The molecule has 9 heteroatoms. The smallest absolute Gasteiger partial charge is 0.335 e. The van der Waals surface area contributed by atoms with E-state index in [9.17, 15) is 14.7 Å². The van der Waals surface area contributed by atoms with Crippen LogP contribution in [0.3, 0.4) is 0 Å². The van der Waals surface area contributed by atoms with Gasteiger partial charge in [-0.25, -0.2) is 9.79 Å². The second kappa shape index (κ2) is 10.3. The van der Waals surface area contributed by atoms with E-state index in [-0.39, 0.29) is 11.5 Å². The lowest BCUT2D eigenvalue weighted by Crippen LogP contribution is -2.28. The van der Waals surface area contributed by atoms with Crippen LogP contribution in [0.15, 0.2) is 67.9 Å². The Balaban J connectivity index is 1.92. The fourth-order valence-electron chi connectivity index (χ4n) is 2.78. The molecule has 1 amide bonds. The minimum absolute atomic E-state index is 0.142. The van der Waals surface area contributed by atoms with Crippen LogP contribution in [-0.4, -0.2) is 40.2 Å². The number of carboxylic acid groups (broad SMARTS) is 1. The van der Waals surface area contributed by atoms with Gasteiger partial charge in [0.25, 0.3) is 5.91 Å². The van der Waals surface area contributed by atoms with Crippen molar-refractivity contribution in [2.45, 2.75) is 6.92 Å². The zero-order chi connectivity index (χ0) is 22.5. The molecule has 0 unspecified atom stereocenters. The van der Waals surface area contributed by atoms with Crippen LogP contribution in [-0.2, 0) is 4.79 Å². The first-order chi connectivity index (χ1) is 14.8. The third kappa shape index (κ3) is 5.47. The van der Waals surface area contributed by atoms with Gasteiger partial charge in [0, 0.05) is 6.54 Å². The van der Waals surface area contributed by atoms with Crippen molar-refractivity contribution in [3.05, 3.63) is 74.0 Å². The van der Waals surface area contributed by atoms with Crippen LogP contribution in [0.5, 0.6) is 5.75 Å². The van der Waals surface area contributed by atoms with Crippen molar-refractivity contribution in [1.82, 2.24) is 4.90 Å². The van der Waals surface area contributed by atoms with Crippen molar-refractivity contribution in [2.24, 2.45) is 4.99 Å². The van der Waals surface area contributed by atoms with Gasteiger partial charge in [0.05, 0.1) is 25.1 Å². The summed E-state index contributed by atoms with van der Waals surface area (Å²) in [5.74, 6) is -0.523. The molecule has 2 aromatic rings. The summed E-state index contributed by atoms with van der Waals surface area (Å²) in [6.07, 6.45) is 3.45. The van der Waals surface area contributed by atoms with E-state index < -0.39 is 5.97 Å². The molecule has 0 radical (unpaired) electrons. The van der Waals surface area contributed by atoms with Crippen molar-refractivity contribution in [2.75, 3.05) is 13.2 Å². The summed E-state index contributed by atoms with van der Waals surface area (Å²) in [5, 5.41) is 9.68. The molecule has 0 saturated carbocycles. The Morgan fingerprint density at radius 3 is 2.61 bits per heavy atom. The molecule has 0 aliphatic carbocycles. The predicted octanol–water partition coefficient (Wildman–Crippen LogP) is 6.10. The van der Waals surface area contributed by atoms with Gasteiger partial charge in [-0.15, -0.1) is 0 Å². The minimum Gasteiger partial charge on any atom is -0.487 e. The highest BCUT2D eigenvalue weighted by atomic mass is 79.9. The normalized spacial score (nSPS) is 16.2. The van der Waals surface area contributed by atoms with Crippen LogP contribution in [0.1, 0.15) is 22.8 Å². The number of carbonyl (C=O) groups excluding carboxylic acids is 1. The molecule has 160 valence electrons. The van der Waals surface area contributed by atoms with Crippen molar-refractivity contribution < 1.29 is 19.4 Å². The molecule has 1 heterocycles. The van der Waals surface area contributed by atoms with E-state index in [0.29, 0.717) is 34.7 Å². The number of nitrogens with zero attached hydrogens (tertiary/aromatic N) is 2. The first-order valence-corrected chi connectivity index (χ1v) is 11.6. The summed E-state index contributed by atoms with van der Waals surface area (Å²) in [4.78, 5) is 30.7. The standard InChI is InChI=1S/C22H18Br2N2O4S/c1-3-8-30-19-16(23)9-13(10-17(19)24)11-18-20(27)26(4-2)22(31-18)25-15-7-5-6-14(12-15)21(28)29/h3,5-7,9-12H,1,4,8H2,2H3,(H,28,29). The second-order valence-electron chi connectivity index (χ2n) is 6.32. The molecule has 0 atom stereocenters. The maximum absolute atomic E-state index is 12.9. The third-order valence-electron chi connectivity index (χ3n) is 4.19. The quantitative estimate of drug-likeness (QED) is 0.324. The fraction of sp³-hybridized carbons (Fsp3) is 0.136. The van der Waals surface area contributed by atoms with Crippen LogP contribution in [0, 0.1) is 0 Å². The molecule has 31 heavy (non-hydrogen) atoms. The SMILES string of the molecule is C=CCOc1c(Br)cc(C=C2SC(=Nc3cccc(C(=O)O)c3)N(CC)C2=O)cc1Br. The van der Waals surface area contributed by atoms with Gasteiger partial charge in [0.15, 0.2) is 5.17 Å². The van der Waals surface area contributed by atoms with Gasteiger partial charge in [-0.2, -0.15) is 0 Å². The summed E-state index contributed by atoms with van der Waals surface area (Å²) in [6, 6.07) is 10.0. The number of thioether (sulfide) groups is 1. The first kappa shape index (κ1) is 23.3. The van der Waals surface area contributed by atoms with Crippen LogP contribution in [0.2, 0.25) is 0 Å². The van der Waals surface area contributed by atoms with Gasteiger partial charge in [-0.3, -0.25) is 9.69 Å². The summed E-state index contributed by atoms with van der Waals surface area (Å²) in [6.45, 7) is 6.33. The van der Waals surface area contributed by atoms with Crippen LogP contribution in [0.25, 0.3) is 6.08 Å². The van der Waals surface area contributed by atoms with Gasteiger partial charge >= 0.3 is 5.97 Å². The molecule has 1 aliphatic rings. The van der Waals surface area contributed by atoms with Crippen LogP contribution < -0.4 is 4.74 Å². The molecule has 1 fully saturated rings. The van der Waals surface area contributed by atoms with E-state index in [1.807, 2.05) is 19.1 Å². The highest BCUT2D eigenvalue weighted by molar-refractivity contribution is 9.11. The number of benzene rings is 2. The molecule has 0 spiro atoms. The molecular formula is C22H18Br2N2O4S. The number of amidine groups is 1. The zero-order valence-corrected chi connectivity index (χ0v) is 20.5. The average Bonchev–Trinajstić information content (AvgIpc) is 3.01. The summed E-state index contributed by atoms with van der Waals surface area (Å²) in [7, 11) is 0. The Bertz CT molecular complexity index is 1090. The highest BCUT2D eigenvalue weighted by Crippen LogP contribution is 2.38. The van der Waals surface area contributed by atoms with Crippen molar-refractivity contribution in [3.63, 3.8) is 0 Å². The predicted molar refractivity (Wildman–Crippen MR) is 131 cm³/mol. The summed E-state index contributed by atoms with van der Waals surface area (Å²) < 4.78 is 7.13. The average molecular weight is 566 g/mol. The van der Waals surface area contributed by atoms with Crippen LogP contribution in [0.4, 0.5) is 5.69 Å². The summed E-state index contributed by atoms with van der Waals surface area (Å²) >= 11 is 8.25. The molecule has 3 rings (SSSR count). The lowest BCUT2D eigenvalue weighted by atomic mass is 10.2. The van der Waals surface area contributed by atoms with E-state index in [0.717, 1.165) is 14.5 Å². The molecular weight excluding hydrogens is 548 g/mol. The number of carboxylic acids is 1. The second-order valence-corrected chi connectivity index (χ2v) is 9.04. The van der Waals surface area contributed by atoms with Gasteiger partial charge in [-0.1, -0.05) is 18.7 Å². The van der Waals surface area contributed by atoms with Crippen molar-refractivity contribution >= 4 is 72.4 Å². The maximum atomic E-state index is 12.9. The number of amides is 1. The Morgan fingerprint density at radius 1 is 1.29 bits per heavy atom. The molecule has 0 bridgehead atoms. The maximum Gasteiger partial charge on any atom is 0.335 e. The Labute approximate surface area is 200 Å². The van der Waals surface area contributed by atoms with Crippen molar-refractivity contribution in [1.29, 1.82) is 0 Å². The zero-order valence-electron chi connectivity index (χ0n) is 16.5. The number of likely N-dealkylation sites (N-methyl/N-ethyl adjacent to an activating group) is 1. The molecule has 1 saturated heterocycles. The number of rotatable bonds is 7. The third-order valence-corrected chi connectivity index (χ3v) is 6.37. The number of aromatic carboxylic acids is 1. The number of ether oxygens (including phenoxy) is 1. The van der Waals surface area contributed by atoms with E-state index in [4.69, 9.17) is 4.74 Å². The largest absolute Gasteiger partial charge is 0.487 e. The number of hydrogen-bond donors (Lipinski definition) is 1. The summed E-state index contributed by atoms with van der Waals surface area (Å²) in [5.41, 5.74) is 1.43. The number of aliphatic imine (C=N–C) groups is 1. The lowest BCUT2D eigenvalue weighted by Gasteiger charge is -2.12. The monoisotopic (exact) mass is 564 g/mol. The van der Waals surface area contributed by atoms with E-state index in [1.54, 1.807) is 29.2 Å². The van der Waals surface area contributed by atoms with Crippen molar-refractivity contribution in [3.8, 4) is 5.75 Å². The first-order valence-electron chi connectivity index (χ1n) is 9.20. The Kier molecular flexibility index (Phi) is 7.74. The van der Waals surface area contributed by atoms with E-state index >= 15 is 0 Å². The van der Waals surface area contributed by atoms with Gasteiger partial charge in [0.2, 0.25) is 0 Å². The molecule has 6 nitrogen and oxygen atoms in total.